The quantitative estimate of drug-likeness (QED) is 0.733. The van der Waals surface area contributed by atoms with Crippen molar-refractivity contribution in [3.05, 3.63) is 40.5 Å². The molecule has 0 saturated heterocycles. The van der Waals surface area contributed by atoms with Crippen LogP contribution in [0.4, 0.5) is 4.39 Å². The number of rotatable bonds is 2. The molecule has 102 valence electrons. The van der Waals surface area contributed by atoms with E-state index < -0.39 is 0 Å². The summed E-state index contributed by atoms with van der Waals surface area (Å²) in [6, 6.07) is 6.47. The van der Waals surface area contributed by atoms with Crippen molar-refractivity contribution in [2.24, 2.45) is 0 Å². The van der Waals surface area contributed by atoms with Gasteiger partial charge in [0, 0.05) is 23.2 Å². The van der Waals surface area contributed by atoms with Gasteiger partial charge < -0.3 is 4.57 Å². The highest BCUT2D eigenvalue weighted by atomic mass is 32.1. The Bertz CT molecular complexity index is 850. The molecule has 0 aliphatic carbocycles. The number of hydrogen-bond donors (Lipinski definition) is 1. The zero-order chi connectivity index (χ0) is 14.3. The van der Waals surface area contributed by atoms with Crippen LogP contribution in [-0.4, -0.2) is 19.7 Å². The van der Waals surface area contributed by atoms with Crippen LogP contribution in [0.1, 0.15) is 12.6 Å². The Hall–Kier alpha value is -2.08. The number of hydrogen-bond acceptors (Lipinski definition) is 3. The first-order chi connectivity index (χ1) is 9.60. The van der Waals surface area contributed by atoms with E-state index in [0.29, 0.717) is 17.1 Å². The van der Waals surface area contributed by atoms with Gasteiger partial charge >= 0.3 is 0 Å². The number of pyridine rings is 1. The molecule has 0 unspecified atom stereocenters. The number of nitrogens with zero attached hydrogens (tertiary/aromatic N) is 3. The minimum absolute atomic E-state index is 0.290. The fourth-order valence-electron chi connectivity index (χ4n) is 2.33. The molecule has 1 N–H and O–H groups in total. The van der Waals surface area contributed by atoms with Gasteiger partial charge in [0.2, 0.25) is 0 Å². The summed E-state index contributed by atoms with van der Waals surface area (Å²) in [5, 5.41) is 7.80. The van der Waals surface area contributed by atoms with Gasteiger partial charge in [-0.3, -0.25) is 10.1 Å². The largest absolute Gasteiger partial charge is 0.300 e. The van der Waals surface area contributed by atoms with Crippen molar-refractivity contribution >= 4 is 23.1 Å². The van der Waals surface area contributed by atoms with E-state index in [1.54, 1.807) is 6.07 Å². The van der Waals surface area contributed by atoms with E-state index in [1.165, 1.54) is 12.1 Å². The van der Waals surface area contributed by atoms with E-state index in [9.17, 15) is 4.39 Å². The molecule has 3 aromatic rings. The van der Waals surface area contributed by atoms with Gasteiger partial charge in [-0.25, -0.2) is 4.39 Å². The normalized spacial score (nSPS) is 11.2. The summed E-state index contributed by atoms with van der Waals surface area (Å²) in [7, 11) is 0. The van der Waals surface area contributed by atoms with E-state index in [4.69, 9.17) is 12.2 Å². The molecule has 0 aliphatic heterocycles. The molecule has 0 radical (unpaired) electrons. The number of nitrogens with one attached hydrogen (secondary N) is 1. The second-order valence-electron chi connectivity index (χ2n) is 4.57. The van der Waals surface area contributed by atoms with Gasteiger partial charge in [-0.2, -0.15) is 5.10 Å². The predicted octanol–water partition coefficient (Wildman–Crippen LogP) is 3.62. The first-order valence-corrected chi connectivity index (χ1v) is 6.73. The predicted molar refractivity (Wildman–Crippen MR) is 78.5 cm³/mol. The van der Waals surface area contributed by atoms with Crippen LogP contribution in [0.3, 0.4) is 0 Å². The summed E-state index contributed by atoms with van der Waals surface area (Å²) >= 11 is 5.21. The molecule has 2 aromatic heterocycles. The summed E-state index contributed by atoms with van der Waals surface area (Å²) in [5.41, 5.74) is 2.44. The molecule has 1 aromatic carbocycles. The molecular weight excluding hydrogens is 275 g/mol. The summed E-state index contributed by atoms with van der Waals surface area (Å²) in [6.45, 7) is 4.60. The molecule has 3 rings (SSSR count). The second-order valence-corrected chi connectivity index (χ2v) is 4.96. The molecule has 0 spiro atoms. The minimum atomic E-state index is -0.290. The molecule has 2 heterocycles. The lowest BCUT2D eigenvalue weighted by atomic mass is 10.1. The number of halogens is 1. The third-order valence-electron chi connectivity index (χ3n) is 3.21. The Morgan fingerprint density at radius 1 is 1.35 bits per heavy atom. The first-order valence-electron chi connectivity index (χ1n) is 6.32. The Balaban J connectivity index is 2.40. The van der Waals surface area contributed by atoms with Gasteiger partial charge in [0.1, 0.15) is 5.82 Å². The zero-order valence-electron chi connectivity index (χ0n) is 11.1. The van der Waals surface area contributed by atoms with E-state index in [-0.39, 0.29) is 5.82 Å². The van der Waals surface area contributed by atoms with Gasteiger partial charge in [0.25, 0.3) is 0 Å². The molecule has 0 fully saturated rings. The SMILES string of the molecule is CCn1c(-c2cc(C)nc3ccc(F)cc23)n[nH]c1=S. The van der Waals surface area contributed by atoms with Gasteiger partial charge in [0.05, 0.1) is 5.52 Å². The number of fused-ring (bicyclic) bond motifs is 1. The van der Waals surface area contributed by atoms with Crippen LogP contribution in [0.15, 0.2) is 24.3 Å². The first kappa shape index (κ1) is 12.9. The Morgan fingerprint density at radius 3 is 2.90 bits per heavy atom. The Labute approximate surface area is 120 Å². The van der Waals surface area contributed by atoms with E-state index >= 15 is 0 Å². The highest BCUT2D eigenvalue weighted by Gasteiger charge is 2.13. The Kier molecular flexibility index (Phi) is 3.10. The van der Waals surface area contributed by atoms with Crippen molar-refractivity contribution in [3.63, 3.8) is 0 Å². The van der Waals surface area contributed by atoms with Crippen molar-refractivity contribution < 1.29 is 4.39 Å². The summed E-state index contributed by atoms with van der Waals surface area (Å²) < 4.78 is 16.0. The van der Waals surface area contributed by atoms with Crippen LogP contribution >= 0.6 is 12.2 Å². The fraction of sp³-hybridized carbons (Fsp3) is 0.214. The number of H-pyrrole nitrogens is 1. The fourth-order valence-corrected chi connectivity index (χ4v) is 2.59. The van der Waals surface area contributed by atoms with Crippen LogP contribution in [0.25, 0.3) is 22.3 Å². The maximum atomic E-state index is 13.5. The summed E-state index contributed by atoms with van der Waals surface area (Å²) in [6.07, 6.45) is 0. The van der Waals surface area contributed by atoms with Crippen molar-refractivity contribution in [1.82, 2.24) is 19.7 Å². The van der Waals surface area contributed by atoms with Crippen LogP contribution in [0, 0.1) is 17.5 Å². The highest BCUT2D eigenvalue weighted by molar-refractivity contribution is 7.71. The standard InChI is InChI=1S/C14H13FN4S/c1-3-19-13(17-18-14(19)20)11-6-8(2)16-12-5-4-9(15)7-10(11)12/h4-7H,3H2,1-2H3,(H,18,20). The summed E-state index contributed by atoms with van der Waals surface area (Å²) in [4.78, 5) is 4.43. The number of aromatic amines is 1. The maximum absolute atomic E-state index is 13.5. The van der Waals surface area contributed by atoms with Crippen LogP contribution < -0.4 is 0 Å². The van der Waals surface area contributed by atoms with E-state index in [1.807, 2.05) is 24.5 Å². The van der Waals surface area contributed by atoms with Gasteiger partial charge in [0.15, 0.2) is 10.6 Å². The lowest BCUT2D eigenvalue weighted by Gasteiger charge is -2.08. The molecule has 0 aliphatic rings. The molecule has 0 atom stereocenters. The minimum Gasteiger partial charge on any atom is -0.300 e. The molecule has 4 nitrogen and oxygen atoms in total. The van der Waals surface area contributed by atoms with Crippen LogP contribution in [-0.2, 0) is 6.54 Å². The Morgan fingerprint density at radius 2 is 2.15 bits per heavy atom. The van der Waals surface area contributed by atoms with Gasteiger partial charge in [-0.15, -0.1) is 0 Å². The molecule has 20 heavy (non-hydrogen) atoms. The smallest absolute Gasteiger partial charge is 0.195 e. The van der Waals surface area contributed by atoms with Crippen molar-refractivity contribution in [1.29, 1.82) is 0 Å². The van der Waals surface area contributed by atoms with Crippen molar-refractivity contribution in [2.75, 3.05) is 0 Å². The third-order valence-corrected chi connectivity index (χ3v) is 3.53. The number of aromatic nitrogens is 4. The van der Waals surface area contributed by atoms with Crippen molar-refractivity contribution in [2.45, 2.75) is 20.4 Å². The molecular formula is C14H13FN4S. The topological polar surface area (TPSA) is 46.5 Å². The molecule has 6 heteroatoms. The van der Waals surface area contributed by atoms with Gasteiger partial charge in [-0.1, -0.05) is 0 Å². The van der Waals surface area contributed by atoms with E-state index in [0.717, 1.165) is 22.2 Å². The lowest BCUT2D eigenvalue weighted by molar-refractivity contribution is 0.629. The molecule has 0 bridgehead atoms. The van der Waals surface area contributed by atoms with Crippen LogP contribution in [0.2, 0.25) is 0 Å². The van der Waals surface area contributed by atoms with E-state index in [2.05, 4.69) is 15.2 Å². The highest BCUT2D eigenvalue weighted by Crippen LogP contribution is 2.28. The van der Waals surface area contributed by atoms with Crippen LogP contribution in [0.5, 0.6) is 0 Å². The van der Waals surface area contributed by atoms with Gasteiger partial charge in [-0.05, 0) is 50.3 Å². The number of aryl methyl sites for hydroxylation is 1. The maximum Gasteiger partial charge on any atom is 0.195 e. The lowest BCUT2D eigenvalue weighted by Crippen LogP contribution is -1.99. The third kappa shape index (κ3) is 2.02. The average molecular weight is 288 g/mol. The van der Waals surface area contributed by atoms with Crippen molar-refractivity contribution in [3.8, 4) is 11.4 Å². The molecule has 0 amide bonds. The summed E-state index contributed by atoms with van der Waals surface area (Å²) in [5.74, 6) is 0.417. The molecule has 0 saturated carbocycles. The zero-order valence-corrected chi connectivity index (χ0v) is 12.0. The second kappa shape index (κ2) is 4.79. The average Bonchev–Trinajstić information content (AvgIpc) is 2.79. The number of benzene rings is 1. The monoisotopic (exact) mass is 288 g/mol.